The summed E-state index contributed by atoms with van der Waals surface area (Å²) in [6.07, 6.45) is 0.875. The molecule has 1 aliphatic rings. The molecule has 150 valence electrons. The van der Waals surface area contributed by atoms with Gasteiger partial charge in [0.15, 0.2) is 5.65 Å². The van der Waals surface area contributed by atoms with Crippen molar-refractivity contribution in [1.29, 1.82) is 0 Å². The van der Waals surface area contributed by atoms with Gasteiger partial charge in [0.1, 0.15) is 12.0 Å². The second kappa shape index (κ2) is 7.46. The van der Waals surface area contributed by atoms with Crippen LogP contribution in [0.1, 0.15) is 6.42 Å². The number of nitrogens with zero attached hydrogens (tertiary/aromatic N) is 4. The minimum Gasteiger partial charge on any atom is -0.465 e. The van der Waals surface area contributed by atoms with Crippen molar-refractivity contribution in [2.24, 2.45) is 0 Å². The second-order valence-corrected chi connectivity index (χ2v) is 6.93. The SMILES string of the molecule is Nc1ccc(-c2cnc3nc(NC4CC(F)CN(C(=O)O)C4)ncc3c2)cc1F. The zero-order chi connectivity index (χ0) is 20.5. The van der Waals surface area contributed by atoms with Crippen molar-refractivity contribution in [3.63, 3.8) is 0 Å². The van der Waals surface area contributed by atoms with Crippen LogP contribution in [-0.4, -0.2) is 56.4 Å². The number of nitrogen functional groups attached to an aromatic ring is 1. The van der Waals surface area contributed by atoms with Crippen LogP contribution in [-0.2, 0) is 0 Å². The van der Waals surface area contributed by atoms with E-state index < -0.39 is 24.1 Å². The van der Waals surface area contributed by atoms with Crippen molar-refractivity contribution in [3.8, 4) is 11.1 Å². The van der Waals surface area contributed by atoms with E-state index in [1.165, 1.54) is 12.1 Å². The lowest BCUT2D eigenvalue weighted by molar-refractivity contribution is 0.102. The fourth-order valence-corrected chi connectivity index (χ4v) is 3.34. The lowest BCUT2D eigenvalue weighted by atomic mass is 10.0. The molecule has 1 aliphatic heterocycles. The van der Waals surface area contributed by atoms with E-state index in [1.54, 1.807) is 24.5 Å². The zero-order valence-electron chi connectivity index (χ0n) is 15.2. The van der Waals surface area contributed by atoms with Crippen LogP contribution < -0.4 is 11.1 Å². The van der Waals surface area contributed by atoms with Crippen LogP contribution in [0.2, 0.25) is 0 Å². The summed E-state index contributed by atoms with van der Waals surface area (Å²) in [5.41, 5.74) is 7.29. The third-order valence-corrected chi connectivity index (χ3v) is 4.77. The summed E-state index contributed by atoms with van der Waals surface area (Å²) < 4.78 is 27.5. The average Bonchev–Trinajstić information content (AvgIpc) is 2.69. The van der Waals surface area contributed by atoms with E-state index >= 15 is 0 Å². The molecule has 1 aromatic carbocycles. The first-order valence-electron chi connectivity index (χ1n) is 8.95. The van der Waals surface area contributed by atoms with E-state index in [0.717, 1.165) is 4.90 Å². The molecule has 3 heterocycles. The Kier molecular flexibility index (Phi) is 4.83. The fourth-order valence-electron chi connectivity index (χ4n) is 3.34. The lowest BCUT2D eigenvalue weighted by Gasteiger charge is -2.33. The number of nitrogens with one attached hydrogen (secondary N) is 1. The Morgan fingerprint density at radius 2 is 2.03 bits per heavy atom. The molecule has 1 saturated heterocycles. The number of likely N-dealkylation sites (tertiary alicyclic amines) is 1. The highest BCUT2D eigenvalue weighted by atomic mass is 19.1. The molecule has 8 nitrogen and oxygen atoms in total. The minimum atomic E-state index is -1.25. The summed E-state index contributed by atoms with van der Waals surface area (Å²) in [5, 5.41) is 12.7. The number of amides is 1. The molecule has 2 atom stereocenters. The molecule has 0 saturated carbocycles. The van der Waals surface area contributed by atoms with Crippen LogP contribution in [0.15, 0.2) is 36.7 Å². The molecule has 3 aromatic rings. The van der Waals surface area contributed by atoms with Gasteiger partial charge in [0.05, 0.1) is 12.2 Å². The number of alkyl halides is 1. The predicted molar refractivity (Wildman–Crippen MR) is 104 cm³/mol. The number of halogens is 2. The highest BCUT2D eigenvalue weighted by Crippen LogP contribution is 2.25. The van der Waals surface area contributed by atoms with Gasteiger partial charge < -0.3 is 21.1 Å². The first-order chi connectivity index (χ1) is 13.9. The number of benzene rings is 1. The van der Waals surface area contributed by atoms with Crippen molar-refractivity contribution in [2.75, 3.05) is 24.1 Å². The van der Waals surface area contributed by atoms with Gasteiger partial charge in [0.2, 0.25) is 5.95 Å². The molecule has 1 amide bonds. The summed E-state index contributed by atoms with van der Waals surface area (Å²) >= 11 is 0. The first-order valence-corrected chi connectivity index (χ1v) is 8.95. The molecule has 0 spiro atoms. The van der Waals surface area contributed by atoms with Gasteiger partial charge >= 0.3 is 6.09 Å². The van der Waals surface area contributed by atoms with Crippen molar-refractivity contribution in [3.05, 3.63) is 42.5 Å². The van der Waals surface area contributed by atoms with Crippen LogP contribution >= 0.6 is 0 Å². The monoisotopic (exact) mass is 400 g/mol. The number of hydrogen-bond donors (Lipinski definition) is 3. The van der Waals surface area contributed by atoms with Crippen molar-refractivity contribution < 1.29 is 18.7 Å². The van der Waals surface area contributed by atoms with Crippen molar-refractivity contribution >= 4 is 28.8 Å². The van der Waals surface area contributed by atoms with Crippen LogP contribution in [0, 0.1) is 5.82 Å². The van der Waals surface area contributed by atoms with Gasteiger partial charge in [-0.1, -0.05) is 6.07 Å². The Hall–Kier alpha value is -3.56. The van der Waals surface area contributed by atoms with Crippen LogP contribution in [0.25, 0.3) is 22.2 Å². The van der Waals surface area contributed by atoms with Crippen LogP contribution in [0.5, 0.6) is 0 Å². The summed E-state index contributed by atoms with van der Waals surface area (Å²) in [7, 11) is 0. The molecule has 1 fully saturated rings. The summed E-state index contributed by atoms with van der Waals surface area (Å²) in [6, 6.07) is 5.86. The normalized spacial score (nSPS) is 19.3. The molecule has 10 heteroatoms. The maximum Gasteiger partial charge on any atom is 0.407 e. The third-order valence-electron chi connectivity index (χ3n) is 4.77. The van der Waals surface area contributed by atoms with Crippen molar-refractivity contribution in [2.45, 2.75) is 18.6 Å². The Labute approximate surface area is 164 Å². The molecule has 0 radical (unpaired) electrons. The Bertz CT molecular complexity index is 1080. The standard InChI is InChI=1S/C19H18F2N6O2/c20-13-5-14(9-27(8-13)19(28)29)25-18-24-7-12-3-11(6-23-17(12)26-18)10-1-2-16(22)15(21)4-10/h1-4,6-7,13-14H,5,8-9,22H2,(H,28,29)(H,23,24,25,26). The number of carboxylic acid groups (broad SMARTS) is 1. The summed E-state index contributed by atoms with van der Waals surface area (Å²) in [6.45, 7) is 0.00831. The Balaban J connectivity index is 1.55. The van der Waals surface area contributed by atoms with Gasteiger partial charge in [-0.3, -0.25) is 0 Å². The molecule has 2 unspecified atom stereocenters. The molecule has 2 aromatic heterocycles. The second-order valence-electron chi connectivity index (χ2n) is 6.93. The van der Waals surface area contributed by atoms with Crippen LogP contribution in [0.3, 0.4) is 0 Å². The highest BCUT2D eigenvalue weighted by molar-refractivity contribution is 5.81. The van der Waals surface area contributed by atoms with Gasteiger partial charge in [-0.25, -0.2) is 23.5 Å². The largest absolute Gasteiger partial charge is 0.465 e. The third kappa shape index (κ3) is 4.00. The number of fused-ring (bicyclic) bond motifs is 1. The number of rotatable bonds is 3. The number of piperidine rings is 1. The first kappa shape index (κ1) is 18.8. The molecule has 4 N–H and O–H groups in total. The Morgan fingerprint density at radius 3 is 2.79 bits per heavy atom. The molecule has 4 rings (SSSR count). The van der Waals surface area contributed by atoms with Gasteiger partial charge in [0.25, 0.3) is 0 Å². The van der Waals surface area contributed by atoms with E-state index in [1.807, 2.05) is 0 Å². The van der Waals surface area contributed by atoms with Gasteiger partial charge in [-0.15, -0.1) is 0 Å². The molecule has 0 aliphatic carbocycles. The van der Waals surface area contributed by atoms with Gasteiger partial charge in [0, 0.05) is 42.4 Å². The Morgan fingerprint density at radius 1 is 1.21 bits per heavy atom. The highest BCUT2D eigenvalue weighted by Gasteiger charge is 2.30. The predicted octanol–water partition coefficient (Wildman–Crippen LogP) is 2.92. The minimum absolute atomic E-state index is 0.0706. The lowest BCUT2D eigenvalue weighted by Crippen LogP contribution is -2.49. The number of pyridine rings is 1. The smallest absolute Gasteiger partial charge is 0.407 e. The number of nitrogens with two attached hydrogens (primary N) is 1. The number of carbonyl (C=O) groups is 1. The van der Waals surface area contributed by atoms with Crippen LogP contribution in [0.4, 0.5) is 25.2 Å². The number of aromatic nitrogens is 3. The van der Waals surface area contributed by atoms with Gasteiger partial charge in [-0.2, -0.15) is 4.98 Å². The number of anilines is 2. The van der Waals surface area contributed by atoms with E-state index in [4.69, 9.17) is 10.8 Å². The van der Waals surface area contributed by atoms with E-state index in [2.05, 4.69) is 20.3 Å². The quantitative estimate of drug-likeness (QED) is 0.579. The summed E-state index contributed by atoms with van der Waals surface area (Å²) in [5.74, 6) is -0.270. The summed E-state index contributed by atoms with van der Waals surface area (Å²) in [4.78, 5) is 25.0. The molecule has 29 heavy (non-hydrogen) atoms. The molecular formula is C19H18F2N6O2. The molecule has 0 bridgehead atoms. The fraction of sp³-hybridized carbons (Fsp3) is 0.263. The van der Waals surface area contributed by atoms with E-state index in [0.29, 0.717) is 22.2 Å². The average molecular weight is 400 g/mol. The maximum atomic E-state index is 13.8. The van der Waals surface area contributed by atoms with E-state index in [9.17, 15) is 13.6 Å². The molecular weight excluding hydrogens is 382 g/mol. The van der Waals surface area contributed by atoms with Gasteiger partial charge in [-0.05, 0) is 23.8 Å². The number of hydrogen-bond acceptors (Lipinski definition) is 6. The maximum absolute atomic E-state index is 13.8. The van der Waals surface area contributed by atoms with Crippen molar-refractivity contribution in [1.82, 2.24) is 19.9 Å². The van der Waals surface area contributed by atoms with E-state index in [-0.39, 0.29) is 31.1 Å². The topological polar surface area (TPSA) is 117 Å². The zero-order valence-corrected chi connectivity index (χ0v) is 15.2.